The van der Waals surface area contributed by atoms with Crippen LogP contribution in [-0.4, -0.2) is 21.8 Å². The van der Waals surface area contributed by atoms with E-state index in [0.717, 1.165) is 28.5 Å². The molecule has 0 amide bonds. The molecule has 1 fully saturated rings. The van der Waals surface area contributed by atoms with Crippen molar-refractivity contribution in [1.82, 2.24) is 14.9 Å². The van der Waals surface area contributed by atoms with E-state index in [0.29, 0.717) is 5.11 Å². The molecule has 5 nitrogen and oxygen atoms in total. The lowest BCUT2D eigenvalue weighted by Gasteiger charge is -2.29. The van der Waals surface area contributed by atoms with Crippen molar-refractivity contribution in [3.8, 4) is 11.4 Å². The summed E-state index contributed by atoms with van der Waals surface area (Å²) in [5.74, 6) is 0.511. The number of nitrogens with one attached hydrogen (secondary N) is 1. The first-order valence-electron chi connectivity index (χ1n) is 10.2. The molecule has 5 rings (SSSR count). The van der Waals surface area contributed by atoms with Crippen molar-refractivity contribution in [2.24, 2.45) is 0 Å². The average Bonchev–Trinajstić information content (AvgIpc) is 3.44. The van der Waals surface area contributed by atoms with Crippen LogP contribution in [0.25, 0.3) is 5.69 Å². The van der Waals surface area contributed by atoms with Gasteiger partial charge in [0.15, 0.2) is 5.11 Å². The predicted octanol–water partition coefficient (Wildman–Crippen LogP) is 5.20. The second kappa shape index (κ2) is 8.43. The maximum atomic E-state index is 13.5. The molecule has 2 atom stereocenters. The van der Waals surface area contributed by atoms with Crippen molar-refractivity contribution in [3.05, 3.63) is 108 Å². The summed E-state index contributed by atoms with van der Waals surface area (Å²) >= 11 is 5.79. The molecule has 2 aromatic heterocycles. The van der Waals surface area contributed by atoms with Gasteiger partial charge in [0.2, 0.25) is 0 Å². The number of halogens is 1. The number of methoxy groups -OCH3 is 1. The fraction of sp³-hybridized carbons (Fsp3) is 0.120. The molecule has 0 saturated carbocycles. The van der Waals surface area contributed by atoms with Crippen LogP contribution in [0.1, 0.15) is 23.5 Å². The van der Waals surface area contributed by atoms with Crippen LogP contribution in [0.2, 0.25) is 0 Å². The number of pyridine rings is 1. The summed E-state index contributed by atoms with van der Waals surface area (Å²) in [6, 6.07) is 23.9. The average molecular weight is 445 g/mol. The van der Waals surface area contributed by atoms with Gasteiger partial charge in [0.25, 0.3) is 0 Å². The van der Waals surface area contributed by atoms with Crippen LogP contribution in [0.15, 0.2) is 91.3 Å². The third kappa shape index (κ3) is 3.61. The predicted molar refractivity (Wildman–Crippen MR) is 127 cm³/mol. The van der Waals surface area contributed by atoms with Crippen LogP contribution in [0.5, 0.6) is 5.75 Å². The lowest BCUT2D eigenvalue weighted by Crippen LogP contribution is -2.30. The Hall–Kier alpha value is -3.71. The molecule has 32 heavy (non-hydrogen) atoms. The Bertz CT molecular complexity index is 1230. The van der Waals surface area contributed by atoms with E-state index in [1.807, 2.05) is 54.7 Å². The molecule has 0 radical (unpaired) electrons. The Labute approximate surface area is 191 Å². The summed E-state index contributed by atoms with van der Waals surface area (Å²) in [6.07, 6.45) is 3.76. The van der Waals surface area contributed by atoms with E-state index in [9.17, 15) is 4.39 Å². The number of hydrogen-bond acceptors (Lipinski definition) is 3. The van der Waals surface area contributed by atoms with Crippen molar-refractivity contribution < 1.29 is 9.13 Å². The fourth-order valence-corrected chi connectivity index (χ4v) is 4.49. The molecule has 3 heterocycles. The third-order valence-electron chi connectivity index (χ3n) is 5.64. The van der Waals surface area contributed by atoms with Gasteiger partial charge in [0.1, 0.15) is 17.6 Å². The lowest BCUT2D eigenvalue weighted by molar-refractivity contribution is 0.415. The highest BCUT2D eigenvalue weighted by molar-refractivity contribution is 7.80. The number of ether oxygens (including phenoxy) is 1. The maximum Gasteiger partial charge on any atom is 0.174 e. The third-order valence-corrected chi connectivity index (χ3v) is 5.95. The van der Waals surface area contributed by atoms with Crippen LogP contribution >= 0.6 is 12.2 Å². The second-order valence-corrected chi connectivity index (χ2v) is 7.86. The summed E-state index contributed by atoms with van der Waals surface area (Å²) in [7, 11) is 1.65. The molecule has 1 aliphatic rings. The van der Waals surface area contributed by atoms with E-state index < -0.39 is 0 Å². The van der Waals surface area contributed by atoms with Gasteiger partial charge in [-0.05, 0) is 85.0 Å². The minimum atomic E-state index is -0.266. The molecule has 1 saturated heterocycles. The first-order valence-corrected chi connectivity index (χ1v) is 10.6. The van der Waals surface area contributed by atoms with Crippen molar-refractivity contribution >= 4 is 23.0 Å². The largest absolute Gasteiger partial charge is 0.497 e. The number of aromatic nitrogens is 2. The van der Waals surface area contributed by atoms with Gasteiger partial charge in [-0.15, -0.1) is 0 Å². The summed E-state index contributed by atoms with van der Waals surface area (Å²) in [5, 5.41) is 4.08. The monoisotopic (exact) mass is 444 g/mol. The highest BCUT2D eigenvalue weighted by Crippen LogP contribution is 2.42. The number of nitrogens with zero attached hydrogens (tertiary/aromatic N) is 3. The smallest absolute Gasteiger partial charge is 0.174 e. The number of hydrogen-bond donors (Lipinski definition) is 1. The summed E-state index contributed by atoms with van der Waals surface area (Å²) < 4.78 is 20.9. The zero-order valence-electron chi connectivity index (χ0n) is 17.4. The van der Waals surface area contributed by atoms with E-state index in [1.54, 1.807) is 25.4 Å². The SMILES string of the molecule is COc1ccc(N2C(=S)NC(c3ccccn3)C2c2cccn2-c2ccc(F)cc2)cc1. The van der Waals surface area contributed by atoms with Gasteiger partial charge in [-0.2, -0.15) is 0 Å². The van der Waals surface area contributed by atoms with Crippen molar-refractivity contribution in [3.63, 3.8) is 0 Å². The van der Waals surface area contributed by atoms with Crippen LogP contribution in [0.3, 0.4) is 0 Å². The number of thiocarbonyl (C=S) groups is 1. The van der Waals surface area contributed by atoms with Gasteiger partial charge in [0, 0.05) is 29.5 Å². The van der Waals surface area contributed by atoms with Gasteiger partial charge in [-0.1, -0.05) is 6.07 Å². The molecule has 1 aliphatic heterocycles. The molecule has 0 aliphatic carbocycles. The van der Waals surface area contributed by atoms with E-state index >= 15 is 0 Å². The van der Waals surface area contributed by atoms with E-state index in [1.165, 1.54) is 12.1 Å². The molecule has 2 unspecified atom stereocenters. The Kier molecular flexibility index (Phi) is 5.33. The number of anilines is 1. The van der Waals surface area contributed by atoms with Crippen molar-refractivity contribution in [2.45, 2.75) is 12.1 Å². The Morgan fingerprint density at radius 3 is 2.38 bits per heavy atom. The zero-order valence-corrected chi connectivity index (χ0v) is 18.2. The second-order valence-electron chi connectivity index (χ2n) is 7.47. The summed E-state index contributed by atoms with van der Waals surface area (Å²) in [6.45, 7) is 0. The Balaban J connectivity index is 1.64. The van der Waals surface area contributed by atoms with Crippen molar-refractivity contribution in [2.75, 3.05) is 12.0 Å². The Morgan fingerprint density at radius 1 is 0.938 bits per heavy atom. The fourth-order valence-electron chi connectivity index (χ4n) is 4.15. The van der Waals surface area contributed by atoms with Gasteiger partial charge in [-0.3, -0.25) is 4.98 Å². The lowest BCUT2D eigenvalue weighted by atomic mass is 10.0. The standard InChI is InChI=1S/C25H21FN4OS/c1-31-20-13-11-19(12-14-20)30-24(23(28-25(30)32)21-5-2-3-15-27-21)22-6-4-16-29(22)18-9-7-17(26)8-10-18/h2-16,23-24H,1H3,(H,28,32). The zero-order chi connectivity index (χ0) is 22.1. The molecular weight excluding hydrogens is 423 g/mol. The number of benzene rings is 2. The highest BCUT2D eigenvalue weighted by Gasteiger charge is 2.42. The molecule has 160 valence electrons. The van der Waals surface area contributed by atoms with E-state index in [2.05, 4.69) is 25.8 Å². The molecule has 7 heteroatoms. The normalized spacial score (nSPS) is 17.9. The first-order chi connectivity index (χ1) is 15.7. The summed E-state index contributed by atoms with van der Waals surface area (Å²) in [5.41, 5.74) is 3.72. The van der Waals surface area contributed by atoms with Gasteiger partial charge < -0.3 is 19.5 Å². The number of rotatable bonds is 5. The Morgan fingerprint density at radius 2 is 1.69 bits per heavy atom. The van der Waals surface area contributed by atoms with Crippen molar-refractivity contribution in [1.29, 1.82) is 0 Å². The van der Waals surface area contributed by atoms with Crippen LogP contribution < -0.4 is 15.0 Å². The molecule has 0 bridgehead atoms. The van der Waals surface area contributed by atoms with Gasteiger partial charge in [0.05, 0.1) is 18.8 Å². The molecule has 2 aromatic carbocycles. The van der Waals surface area contributed by atoms with Crippen LogP contribution in [0.4, 0.5) is 10.1 Å². The minimum absolute atomic E-state index is 0.167. The quantitative estimate of drug-likeness (QED) is 0.429. The van der Waals surface area contributed by atoms with Gasteiger partial charge >= 0.3 is 0 Å². The van der Waals surface area contributed by atoms with Crippen LogP contribution in [0, 0.1) is 5.82 Å². The molecular formula is C25H21FN4OS. The molecule has 0 spiro atoms. The molecule has 4 aromatic rings. The molecule has 1 N–H and O–H groups in total. The highest BCUT2D eigenvalue weighted by atomic mass is 32.1. The van der Waals surface area contributed by atoms with E-state index in [4.69, 9.17) is 17.0 Å². The first kappa shape index (κ1) is 20.2. The summed E-state index contributed by atoms with van der Waals surface area (Å²) in [4.78, 5) is 6.70. The van der Waals surface area contributed by atoms with E-state index in [-0.39, 0.29) is 17.9 Å². The maximum absolute atomic E-state index is 13.5. The minimum Gasteiger partial charge on any atom is -0.497 e. The van der Waals surface area contributed by atoms with Gasteiger partial charge in [-0.25, -0.2) is 4.39 Å². The topological polar surface area (TPSA) is 42.3 Å². The van der Waals surface area contributed by atoms with Crippen LogP contribution in [-0.2, 0) is 0 Å².